The molecule has 90 valence electrons. The lowest BCUT2D eigenvalue weighted by Crippen LogP contribution is -2.14. The molecule has 4 nitrogen and oxygen atoms in total. The summed E-state index contributed by atoms with van der Waals surface area (Å²) >= 11 is 0. The fraction of sp³-hybridized carbons (Fsp3) is 0.750. The highest BCUT2D eigenvalue weighted by Crippen LogP contribution is 2.27. The second-order valence-electron chi connectivity index (χ2n) is 4.74. The minimum Gasteiger partial charge on any atom is -0.383 e. The molecule has 1 saturated carbocycles. The van der Waals surface area contributed by atoms with Crippen molar-refractivity contribution in [2.45, 2.75) is 38.8 Å². The smallest absolute Gasteiger partial charge is 0.0728 e. The van der Waals surface area contributed by atoms with E-state index in [4.69, 9.17) is 4.74 Å². The predicted octanol–water partition coefficient (Wildman–Crippen LogP) is 2.13. The van der Waals surface area contributed by atoms with E-state index < -0.39 is 0 Å². The second kappa shape index (κ2) is 5.34. The number of ether oxygens (including phenoxy) is 1. The average Bonchev–Trinajstić information content (AvgIpc) is 2.86. The Labute approximate surface area is 97.0 Å². The van der Waals surface area contributed by atoms with E-state index in [9.17, 15) is 0 Å². The Morgan fingerprint density at radius 1 is 1.56 bits per heavy atom. The van der Waals surface area contributed by atoms with Crippen LogP contribution in [0.4, 0.5) is 5.69 Å². The van der Waals surface area contributed by atoms with Gasteiger partial charge >= 0.3 is 0 Å². The molecule has 0 aromatic carbocycles. The van der Waals surface area contributed by atoms with Crippen LogP contribution in [0.15, 0.2) is 12.4 Å². The van der Waals surface area contributed by atoms with Crippen molar-refractivity contribution >= 4 is 5.69 Å². The van der Waals surface area contributed by atoms with Crippen molar-refractivity contribution in [3.05, 3.63) is 12.4 Å². The van der Waals surface area contributed by atoms with Gasteiger partial charge in [-0.2, -0.15) is 5.10 Å². The lowest BCUT2D eigenvalue weighted by molar-refractivity contribution is 0.183. The molecule has 1 aliphatic rings. The largest absolute Gasteiger partial charge is 0.383 e. The molecule has 2 unspecified atom stereocenters. The van der Waals surface area contributed by atoms with Gasteiger partial charge in [-0.3, -0.25) is 4.68 Å². The number of anilines is 1. The van der Waals surface area contributed by atoms with E-state index in [-0.39, 0.29) is 0 Å². The molecule has 1 heterocycles. The summed E-state index contributed by atoms with van der Waals surface area (Å²) < 4.78 is 6.94. The Balaban J connectivity index is 1.83. The van der Waals surface area contributed by atoms with Crippen molar-refractivity contribution in [2.75, 3.05) is 19.0 Å². The maximum Gasteiger partial charge on any atom is 0.0728 e. The van der Waals surface area contributed by atoms with E-state index >= 15 is 0 Å². The Kier molecular flexibility index (Phi) is 3.83. The van der Waals surface area contributed by atoms with Gasteiger partial charge in [-0.05, 0) is 25.2 Å². The van der Waals surface area contributed by atoms with Gasteiger partial charge in [0.15, 0.2) is 0 Å². The number of rotatable bonds is 5. The van der Waals surface area contributed by atoms with E-state index in [1.807, 2.05) is 10.9 Å². The molecule has 0 bridgehead atoms. The molecule has 2 rings (SSSR count). The molecule has 1 aliphatic carbocycles. The number of hydrogen-bond acceptors (Lipinski definition) is 3. The number of hydrogen-bond donors (Lipinski definition) is 1. The summed E-state index contributed by atoms with van der Waals surface area (Å²) in [6, 6.07) is 0.634. The van der Waals surface area contributed by atoms with Crippen LogP contribution in [0.2, 0.25) is 0 Å². The number of methoxy groups -OCH3 is 1. The van der Waals surface area contributed by atoms with E-state index in [2.05, 4.69) is 23.5 Å². The molecule has 0 spiro atoms. The Hall–Kier alpha value is -1.03. The van der Waals surface area contributed by atoms with Gasteiger partial charge < -0.3 is 10.1 Å². The van der Waals surface area contributed by atoms with Crippen LogP contribution in [-0.2, 0) is 11.3 Å². The SMILES string of the molecule is COCCn1cc(NC2CCC(C)C2)cn1. The van der Waals surface area contributed by atoms with Crippen LogP contribution in [0.1, 0.15) is 26.2 Å². The van der Waals surface area contributed by atoms with Crippen LogP contribution in [0.3, 0.4) is 0 Å². The zero-order chi connectivity index (χ0) is 11.4. The summed E-state index contributed by atoms with van der Waals surface area (Å²) in [6.07, 6.45) is 7.86. The summed E-state index contributed by atoms with van der Waals surface area (Å²) in [5, 5.41) is 7.83. The molecule has 2 atom stereocenters. The molecule has 0 radical (unpaired) electrons. The topological polar surface area (TPSA) is 39.1 Å². The third kappa shape index (κ3) is 2.98. The van der Waals surface area contributed by atoms with E-state index in [0.717, 1.165) is 18.2 Å². The highest BCUT2D eigenvalue weighted by molar-refractivity contribution is 5.39. The van der Waals surface area contributed by atoms with Gasteiger partial charge in [-0.25, -0.2) is 0 Å². The van der Waals surface area contributed by atoms with Gasteiger partial charge in [0.25, 0.3) is 0 Å². The zero-order valence-corrected chi connectivity index (χ0v) is 10.1. The van der Waals surface area contributed by atoms with Crippen molar-refractivity contribution in [1.82, 2.24) is 9.78 Å². The molecule has 1 aromatic rings. The number of aromatic nitrogens is 2. The molecule has 1 N–H and O–H groups in total. The quantitative estimate of drug-likeness (QED) is 0.831. The maximum atomic E-state index is 5.02. The van der Waals surface area contributed by atoms with Crippen molar-refractivity contribution in [2.24, 2.45) is 5.92 Å². The fourth-order valence-corrected chi connectivity index (χ4v) is 2.32. The molecule has 0 aliphatic heterocycles. The third-order valence-corrected chi connectivity index (χ3v) is 3.22. The van der Waals surface area contributed by atoms with Gasteiger partial charge in [0.2, 0.25) is 0 Å². The summed E-state index contributed by atoms with van der Waals surface area (Å²) in [4.78, 5) is 0. The van der Waals surface area contributed by atoms with Crippen molar-refractivity contribution in [3.8, 4) is 0 Å². The Morgan fingerprint density at radius 3 is 3.12 bits per heavy atom. The normalized spacial score (nSPS) is 24.9. The van der Waals surface area contributed by atoms with E-state index in [1.165, 1.54) is 19.3 Å². The average molecular weight is 223 g/mol. The molecule has 1 fully saturated rings. The van der Waals surface area contributed by atoms with Crippen molar-refractivity contribution in [1.29, 1.82) is 0 Å². The van der Waals surface area contributed by atoms with Crippen LogP contribution in [0.25, 0.3) is 0 Å². The van der Waals surface area contributed by atoms with Crippen LogP contribution in [-0.4, -0.2) is 29.5 Å². The molecule has 0 amide bonds. The minimum atomic E-state index is 0.634. The Morgan fingerprint density at radius 2 is 2.44 bits per heavy atom. The third-order valence-electron chi connectivity index (χ3n) is 3.22. The van der Waals surface area contributed by atoms with Gasteiger partial charge in [-0.1, -0.05) is 6.92 Å². The maximum absolute atomic E-state index is 5.02. The second-order valence-corrected chi connectivity index (χ2v) is 4.74. The van der Waals surface area contributed by atoms with Crippen LogP contribution < -0.4 is 5.32 Å². The van der Waals surface area contributed by atoms with Crippen LogP contribution in [0, 0.1) is 5.92 Å². The highest BCUT2D eigenvalue weighted by atomic mass is 16.5. The molecule has 1 aromatic heterocycles. The first kappa shape index (κ1) is 11.5. The first-order valence-corrected chi connectivity index (χ1v) is 6.06. The Bertz CT molecular complexity index is 324. The van der Waals surface area contributed by atoms with Crippen molar-refractivity contribution < 1.29 is 4.74 Å². The lowest BCUT2D eigenvalue weighted by atomic mass is 10.1. The summed E-state index contributed by atoms with van der Waals surface area (Å²) in [5.41, 5.74) is 1.13. The van der Waals surface area contributed by atoms with Crippen molar-refractivity contribution in [3.63, 3.8) is 0 Å². The molecule has 4 heteroatoms. The van der Waals surface area contributed by atoms with E-state index in [1.54, 1.807) is 7.11 Å². The summed E-state index contributed by atoms with van der Waals surface area (Å²) in [7, 11) is 1.71. The standard InChI is InChI=1S/C12H21N3O/c1-10-3-4-11(7-10)14-12-8-13-15(9-12)5-6-16-2/h8-11,14H,3-7H2,1-2H3. The first-order valence-electron chi connectivity index (χ1n) is 6.06. The van der Waals surface area contributed by atoms with Crippen LogP contribution >= 0.6 is 0 Å². The zero-order valence-electron chi connectivity index (χ0n) is 10.1. The monoisotopic (exact) mass is 223 g/mol. The van der Waals surface area contributed by atoms with Gasteiger partial charge in [0, 0.05) is 19.3 Å². The number of nitrogens with zero attached hydrogens (tertiary/aromatic N) is 2. The molecular formula is C12H21N3O. The highest BCUT2D eigenvalue weighted by Gasteiger charge is 2.21. The van der Waals surface area contributed by atoms with Gasteiger partial charge in [0.1, 0.15) is 0 Å². The fourth-order valence-electron chi connectivity index (χ4n) is 2.32. The summed E-state index contributed by atoms with van der Waals surface area (Å²) in [6.45, 7) is 3.85. The van der Waals surface area contributed by atoms with Crippen LogP contribution in [0.5, 0.6) is 0 Å². The molecule has 16 heavy (non-hydrogen) atoms. The predicted molar refractivity (Wildman–Crippen MR) is 64.5 cm³/mol. The lowest BCUT2D eigenvalue weighted by Gasteiger charge is -2.11. The van der Waals surface area contributed by atoms with E-state index in [0.29, 0.717) is 12.6 Å². The van der Waals surface area contributed by atoms with Gasteiger partial charge in [-0.15, -0.1) is 0 Å². The minimum absolute atomic E-state index is 0.634. The first-order chi connectivity index (χ1) is 7.78. The molecular weight excluding hydrogens is 202 g/mol. The number of nitrogens with one attached hydrogen (secondary N) is 1. The summed E-state index contributed by atoms with van der Waals surface area (Å²) in [5.74, 6) is 0.862. The van der Waals surface area contributed by atoms with Gasteiger partial charge in [0.05, 0.1) is 25.0 Å². The molecule has 0 saturated heterocycles.